The van der Waals surface area contributed by atoms with Gasteiger partial charge >= 0.3 is 6.30 Å². The zero-order chi connectivity index (χ0) is 28.9. The molecule has 5 heterocycles. The number of halogens is 4. The maximum absolute atomic E-state index is 15.9. The quantitative estimate of drug-likeness (QED) is 0.287. The van der Waals surface area contributed by atoms with Gasteiger partial charge in [0, 0.05) is 79.8 Å². The van der Waals surface area contributed by atoms with E-state index in [1.54, 1.807) is 43.1 Å². The van der Waals surface area contributed by atoms with Gasteiger partial charge in [0.1, 0.15) is 18.2 Å². The lowest BCUT2D eigenvalue weighted by atomic mass is 9.89. The van der Waals surface area contributed by atoms with Gasteiger partial charge in [-0.15, -0.1) is 28.5 Å². The van der Waals surface area contributed by atoms with Gasteiger partial charge in [0.05, 0.1) is 11.3 Å². The predicted octanol–water partition coefficient (Wildman–Crippen LogP) is 4.81. The van der Waals surface area contributed by atoms with E-state index in [0.29, 0.717) is 39.3 Å². The van der Waals surface area contributed by atoms with E-state index < -0.39 is 12.0 Å². The van der Waals surface area contributed by atoms with Crippen LogP contribution in [-0.2, 0) is 19.0 Å². The van der Waals surface area contributed by atoms with Crippen molar-refractivity contribution in [2.45, 2.75) is 31.7 Å². The normalized spacial score (nSPS) is 15.3. The third-order valence-electron chi connectivity index (χ3n) is 7.26. The van der Waals surface area contributed by atoms with E-state index in [9.17, 15) is 18.4 Å². The van der Waals surface area contributed by atoms with Gasteiger partial charge in [-0.25, -0.2) is 19.3 Å². The highest BCUT2D eigenvalue weighted by Gasteiger charge is 2.41. The van der Waals surface area contributed by atoms with Crippen molar-refractivity contribution >= 4 is 16.7 Å². The number of rotatable bonds is 4. The van der Waals surface area contributed by atoms with Crippen LogP contribution in [0, 0.1) is 18.3 Å². The summed E-state index contributed by atoms with van der Waals surface area (Å²) in [7, 11) is 1.69. The molecule has 5 aromatic rings. The molecule has 0 saturated carbocycles. The average Bonchev–Trinajstić information content (AvgIpc) is 3.59. The lowest BCUT2D eigenvalue weighted by Crippen LogP contribution is -2.42. The molecule has 1 aliphatic rings. The van der Waals surface area contributed by atoms with Crippen molar-refractivity contribution in [2.75, 3.05) is 18.0 Å². The summed E-state index contributed by atoms with van der Waals surface area (Å²) in [5.41, 5.74) is 1.41. The summed E-state index contributed by atoms with van der Waals surface area (Å²) < 4.78 is 57.3. The molecule has 0 aliphatic carbocycles. The molecule has 1 fully saturated rings. The Balaban J connectivity index is 1.47. The maximum Gasteiger partial charge on any atom is 0.504 e. The summed E-state index contributed by atoms with van der Waals surface area (Å²) in [6.45, 7) is 2.28. The number of hydrogen-bond donors (Lipinski definition) is 0. The van der Waals surface area contributed by atoms with E-state index in [1.165, 1.54) is 12.5 Å². The Morgan fingerprint density at radius 2 is 1.68 bits per heavy atom. The molecule has 14 heteroatoms. The molecule has 0 unspecified atom stereocenters. The number of hydrogen-bond acceptors (Lipinski definition) is 8. The third-order valence-corrected chi connectivity index (χ3v) is 7.26. The van der Waals surface area contributed by atoms with Crippen LogP contribution in [0.1, 0.15) is 30.1 Å². The minimum atomic E-state index is -4.69. The number of nitrogens with zero attached hydrogens (tertiary/aromatic N) is 10. The first-order valence-corrected chi connectivity index (χ1v) is 12.6. The molecule has 4 aromatic heterocycles. The van der Waals surface area contributed by atoms with Crippen molar-refractivity contribution in [2.24, 2.45) is 7.05 Å². The van der Waals surface area contributed by atoms with Crippen LogP contribution in [0.3, 0.4) is 0 Å². The Bertz CT molecular complexity index is 1790. The average molecular weight is 563 g/mol. The standard InChI is InChI=1S/C27H22F4N10/c1-16-33-12-21(13-34-16)17-7-18(10-32)23(40-5-3-26(28,4-6-40)25-37-36-15-39(25)2)22(9-17)19-8-20-14-41(27(29,30)31)38-24(20)35-11-19/h7-9,11-15H,3-6H2,1-2H3. The molecule has 208 valence electrons. The number of piperidine rings is 1. The van der Waals surface area contributed by atoms with Crippen LogP contribution in [-0.4, -0.2) is 52.6 Å². The Morgan fingerprint density at radius 1 is 0.976 bits per heavy atom. The Hall–Kier alpha value is -4.93. The summed E-state index contributed by atoms with van der Waals surface area (Å²) in [4.78, 5) is 14.6. The van der Waals surface area contributed by atoms with Crippen molar-refractivity contribution in [3.05, 3.63) is 66.5 Å². The molecule has 0 N–H and O–H groups in total. The van der Waals surface area contributed by atoms with Crippen molar-refractivity contribution in [1.82, 2.24) is 39.5 Å². The second-order valence-corrected chi connectivity index (χ2v) is 9.95. The number of fused-ring (bicyclic) bond motifs is 1. The van der Waals surface area contributed by atoms with E-state index in [-0.39, 0.29) is 47.5 Å². The number of pyridine rings is 1. The van der Waals surface area contributed by atoms with Gasteiger partial charge in [0.2, 0.25) is 0 Å². The Labute approximate surface area is 230 Å². The number of benzene rings is 1. The second-order valence-electron chi connectivity index (χ2n) is 9.95. The molecular weight excluding hydrogens is 540 g/mol. The molecule has 0 spiro atoms. The summed E-state index contributed by atoms with van der Waals surface area (Å²) in [5.74, 6) is 0.817. The molecule has 1 saturated heterocycles. The third kappa shape index (κ3) is 4.73. The zero-order valence-electron chi connectivity index (χ0n) is 21.9. The number of aromatic nitrogens is 8. The van der Waals surface area contributed by atoms with Gasteiger partial charge in [0.25, 0.3) is 0 Å². The Morgan fingerprint density at radius 3 is 2.32 bits per heavy atom. The molecule has 0 atom stereocenters. The highest BCUT2D eigenvalue weighted by atomic mass is 19.4. The van der Waals surface area contributed by atoms with Crippen LogP contribution in [0.5, 0.6) is 0 Å². The van der Waals surface area contributed by atoms with Crippen LogP contribution in [0.25, 0.3) is 33.3 Å². The predicted molar refractivity (Wildman–Crippen MR) is 140 cm³/mol. The van der Waals surface area contributed by atoms with E-state index in [0.717, 1.165) is 6.20 Å². The lowest BCUT2D eigenvalue weighted by molar-refractivity contribution is -0.211. The minimum Gasteiger partial charge on any atom is -0.370 e. The molecule has 0 radical (unpaired) electrons. The SMILES string of the molecule is Cc1ncc(-c2cc(C#N)c(N3CCC(F)(c4nncn4C)CC3)c(-c3cnc4nn(C(F)(F)F)cc4c3)c2)cn1. The van der Waals surface area contributed by atoms with Crippen LogP contribution in [0.4, 0.5) is 23.2 Å². The van der Waals surface area contributed by atoms with Crippen molar-refractivity contribution < 1.29 is 17.6 Å². The molecule has 1 aliphatic heterocycles. The Kier molecular flexibility index (Phi) is 6.17. The first kappa shape index (κ1) is 26.3. The van der Waals surface area contributed by atoms with Gasteiger partial charge in [-0.05, 0) is 30.7 Å². The van der Waals surface area contributed by atoms with Crippen molar-refractivity contribution in [3.63, 3.8) is 0 Å². The summed E-state index contributed by atoms with van der Waals surface area (Å²) in [5, 5.41) is 21.7. The molecule has 41 heavy (non-hydrogen) atoms. The zero-order valence-corrected chi connectivity index (χ0v) is 21.9. The van der Waals surface area contributed by atoms with Crippen molar-refractivity contribution in [3.8, 4) is 28.3 Å². The highest BCUT2D eigenvalue weighted by Crippen LogP contribution is 2.43. The van der Waals surface area contributed by atoms with E-state index >= 15 is 4.39 Å². The number of nitriles is 1. The topological polar surface area (TPSA) is 114 Å². The summed E-state index contributed by atoms with van der Waals surface area (Å²) in [6, 6.07) is 7.34. The van der Waals surface area contributed by atoms with Gasteiger partial charge in [-0.1, -0.05) is 0 Å². The highest BCUT2D eigenvalue weighted by molar-refractivity contribution is 5.90. The smallest absolute Gasteiger partial charge is 0.370 e. The number of aryl methyl sites for hydroxylation is 2. The van der Waals surface area contributed by atoms with Gasteiger partial charge in [-0.2, -0.15) is 9.94 Å². The lowest BCUT2D eigenvalue weighted by Gasteiger charge is -2.38. The fourth-order valence-electron chi connectivity index (χ4n) is 5.18. The van der Waals surface area contributed by atoms with E-state index in [2.05, 4.69) is 36.3 Å². The molecule has 0 amide bonds. The monoisotopic (exact) mass is 562 g/mol. The maximum atomic E-state index is 15.9. The number of alkyl halides is 4. The fourth-order valence-corrected chi connectivity index (χ4v) is 5.18. The van der Waals surface area contributed by atoms with Crippen LogP contribution >= 0.6 is 0 Å². The van der Waals surface area contributed by atoms with Gasteiger partial charge in [-0.3, -0.25) is 0 Å². The van der Waals surface area contributed by atoms with Crippen LogP contribution in [0.15, 0.2) is 49.3 Å². The minimum absolute atomic E-state index is 0.0694. The first-order valence-electron chi connectivity index (χ1n) is 12.6. The molecule has 1 aromatic carbocycles. The molecule has 6 rings (SSSR count). The number of anilines is 1. The molecule has 10 nitrogen and oxygen atoms in total. The van der Waals surface area contributed by atoms with E-state index in [4.69, 9.17) is 0 Å². The summed E-state index contributed by atoms with van der Waals surface area (Å²) in [6.07, 6.45) is 2.53. The summed E-state index contributed by atoms with van der Waals surface area (Å²) >= 11 is 0. The van der Waals surface area contributed by atoms with Crippen molar-refractivity contribution in [1.29, 1.82) is 5.26 Å². The van der Waals surface area contributed by atoms with Gasteiger partial charge in [0.15, 0.2) is 17.1 Å². The van der Waals surface area contributed by atoms with Crippen LogP contribution in [0.2, 0.25) is 0 Å². The molecular formula is C27H22F4N10. The molecule has 0 bridgehead atoms. The fraction of sp³-hybridized carbons (Fsp3) is 0.296. The van der Waals surface area contributed by atoms with Crippen LogP contribution < -0.4 is 4.90 Å². The second kappa shape index (κ2) is 9.61. The van der Waals surface area contributed by atoms with Gasteiger partial charge < -0.3 is 9.47 Å². The van der Waals surface area contributed by atoms with E-state index in [1.807, 2.05) is 11.0 Å². The largest absolute Gasteiger partial charge is 0.504 e. The first-order chi connectivity index (χ1) is 19.6.